The average molecular weight is 549 g/mol. The van der Waals surface area contributed by atoms with Crippen LogP contribution in [0.3, 0.4) is 0 Å². The van der Waals surface area contributed by atoms with Gasteiger partial charge in [0.25, 0.3) is 0 Å². The molecule has 0 radical (unpaired) electrons. The van der Waals surface area contributed by atoms with Crippen molar-refractivity contribution in [3.8, 4) is 17.2 Å². The number of carbonyl (C=O) groups is 3. The Bertz CT molecular complexity index is 1360. The van der Waals surface area contributed by atoms with Gasteiger partial charge >= 0.3 is 11.9 Å². The number of esters is 2. The molecule has 0 aromatic heterocycles. The maximum Gasteiger partial charge on any atom is 0.354 e. The van der Waals surface area contributed by atoms with E-state index >= 15 is 0 Å². The Hall–Kier alpha value is -5.06. The van der Waals surface area contributed by atoms with Crippen LogP contribution in [0.15, 0.2) is 66.7 Å². The predicted molar refractivity (Wildman–Crippen MR) is 149 cm³/mol. The summed E-state index contributed by atoms with van der Waals surface area (Å²) >= 11 is 0. The number of benzene rings is 3. The SMILES string of the molecule is COc1cc(O[C@H](C)C(=O)OC(C)=O)c(C(Nc2ccc(C(=N)N)cc2)C(=O)NCc2ccccc2)cc1OC. The van der Waals surface area contributed by atoms with E-state index in [2.05, 4.69) is 15.4 Å². The summed E-state index contributed by atoms with van der Waals surface area (Å²) in [6, 6.07) is 18.1. The van der Waals surface area contributed by atoms with E-state index < -0.39 is 30.0 Å². The Kier molecular flexibility index (Phi) is 10.1. The van der Waals surface area contributed by atoms with Gasteiger partial charge in [-0.2, -0.15) is 0 Å². The fraction of sp³-hybridized carbons (Fsp3) is 0.241. The summed E-state index contributed by atoms with van der Waals surface area (Å²) < 4.78 is 21.5. The zero-order valence-electron chi connectivity index (χ0n) is 22.6. The highest BCUT2D eigenvalue weighted by Crippen LogP contribution is 2.39. The Morgan fingerprint density at radius 1 is 0.925 bits per heavy atom. The van der Waals surface area contributed by atoms with Crippen LogP contribution >= 0.6 is 0 Å². The molecule has 3 rings (SSSR count). The summed E-state index contributed by atoms with van der Waals surface area (Å²) in [6.07, 6.45) is -1.19. The number of amidine groups is 1. The van der Waals surface area contributed by atoms with Gasteiger partial charge in [0.15, 0.2) is 17.6 Å². The van der Waals surface area contributed by atoms with Crippen molar-refractivity contribution in [1.29, 1.82) is 5.41 Å². The maximum atomic E-state index is 13.7. The first-order chi connectivity index (χ1) is 19.1. The van der Waals surface area contributed by atoms with Crippen LogP contribution in [0.1, 0.15) is 36.6 Å². The highest BCUT2D eigenvalue weighted by atomic mass is 16.6. The quantitative estimate of drug-likeness (QED) is 0.115. The average Bonchev–Trinajstić information content (AvgIpc) is 2.94. The van der Waals surface area contributed by atoms with E-state index in [-0.39, 0.29) is 18.1 Å². The first-order valence-corrected chi connectivity index (χ1v) is 12.3. The van der Waals surface area contributed by atoms with E-state index in [9.17, 15) is 14.4 Å². The minimum Gasteiger partial charge on any atom is -0.493 e. The molecule has 40 heavy (non-hydrogen) atoms. The van der Waals surface area contributed by atoms with Crippen LogP contribution in [0.5, 0.6) is 17.2 Å². The van der Waals surface area contributed by atoms with E-state index in [0.29, 0.717) is 28.3 Å². The monoisotopic (exact) mass is 548 g/mol. The lowest BCUT2D eigenvalue weighted by molar-refractivity contribution is -0.162. The van der Waals surface area contributed by atoms with Gasteiger partial charge in [-0.05, 0) is 42.8 Å². The smallest absolute Gasteiger partial charge is 0.354 e. The molecule has 0 heterocycles. The molecule has 0 aliphatic rings. The maximum absolute atomic E-state index is 13.7. The van der Waals surface area contributed by atoms with Crippen LogP contribution in [0.4, 0.5) is 5.69 Å². The van der Waals surface area contributed by atoms with Gasteiger partial charge < -0.3 is 35.3 Å². The van der Waals surface area contributed by atoms with Gasteiger partial charge in [-0.1, -0.05) is 30.3 Å². The van der Waals surface area contributed by atoms with Crippen LogP contribution < -0.4 is 30.6 Å². The van der Waals surface area contributed by atoms with Crippen LogP contribution in [0, 0.1) is 5.41 Å². The number of anilines is 1. The fourth-order valence-corrected chi connectivity index (χ4v) is 3.75. The van der Waals surface area contributed by atoms with Crippen LogP contribution in [0.2, 0.25) is 0 Å². The number of hydrogen-bond acceptors (Lipinski definition) is 9. The number of amides is 1. The van der Waals surface area contributed by atoms with E-state index in [1.165, 1.54) is 27.2 Å². The van der Waals surface area contributed by atoms with Gasteiger partial charge in [-0.3, -0.25) is 15.0 Å². The molecule has 3 aromatic carbocycles. The first kappa shape index (κ1) is 29.5. The predicted octanol–water partition coefficient (Wildman–Crippen LogP) is 3.31. The number of methoxy groups -OCH3 is 2. The molecule has 11 heteroatoms. The molecule has 0 saturated heterocycles. The number of rotatable bonds is 12. The molecule has 0 saturated carbocycles. The van der Waals surface area contributed by atoms with Gasteiger partial charge in [0.1, 0.15) is 17.6 Å². The number of nitrogen functional groups attached to an aromatic ring is 1. The largest absolute Gasteiger partial charge is 0.493 e. The van der Waals surface area contributed by atoms with Crippen molar-refractivity contribution >= 4 is 29.4 Å². The highest BCUT2D eigenvalue weighted by Gasteiger charge is 2.29. The lowest BCUT2D eigenvalue weighted by Crippen LogP contribution is -2.34. The van der Waals surface area contributed by atoms with Crippen LogP contribution in [-0.2, 0) is 25.7 Å². The molecule has 210 valence electrons. The van der Waals surface area contributed by atoms with E-state index in [4.69, 9.17) is 25.4 Å². The molecule has 1 unspecified atom stereocenters. The minimum atomic E-state index is -1.19. The summed E-state index contributed by atoms with van der Waals surface area (Å²) in [5, 5.41) is 13.7. The van der Waals surface area contributed by atoms with Gasteiger partial charge in [-0.15, -0.1) is 0 Å². The zero-order chi connectivity index (χ0) is 29.2. The standard InChI is InChI=1S/C29H32N4O7/c1-17(29(36)40-18(2)34)39-23-15-25(38-4)24(37-3)14-22(23)26(28(35)32-16-19-8-6-5-7-9-19)33-21-12-10-20(11-13-21)27(30)31/h5-15,17,26,33H,16H2,1-4H3,(H3,30,31)(H,32,35)/t17-,26?/m1/s1. The van der Waals surface area contributed by atoms with Gasteiger partial charge in [-0.25, -0.2) is 4.79 Å². The number of carbonyl (C=O) groups excluding carboxylic acids is 3. The van der Waals surface area contributed by atoms with Crippen LogP contribution in [-0.4, -0.2) is 44.0 Å². The molecule has 0 aliphatic heterocycles. The molecule has 3 aromatic rings. The molecular formula is C29H32N4O7. The molecule has 0 spiro atoms. The Morgan fingerprint density at radius 3 is 2.12 bits per heavy atom. The third-order valence-corrected chi connectivity index (χ3v) is 5.79. The topological polar surface area (TPSA) is 162 Å². The van der Waals surface area contributed by atoms with Gasteiger partial charge in [0, 0.05) is 36.3 Å². The van der Waals surface area contributed by atoms with Crippen molar-refractivity contribution in [3.63, 3.8) is 0 Å². The van der Waals surface area contributed by atoms with Crippen molar-refractivity contribution in [2.45, 2.75) is 32.5 Å². The summed E-state index contributed by atoms with van der Waals surface area (Å²) in [5.41, 5.74) is 7.86. The summed E-state index contributed by atoms with van der Waals surface area (Å²) in [7, 11) is 2.89. The second kappa shape index (κ2) is 13.7. The normalized spacial score (nSPS) is 11.9. The molecule has 1 amide bonds. The summed E-state index contributed by atoms with van der Waals surface area (Å²) in [4.78, 5) is 37.3. The second-order valence-corrected chi connectivity index (χ2v) is 8.69. The van der Waals surface area contributed by atoms with Crippen molar-refractivity contribution < 1.29 is 33.3 Å². The lowest BCUT2D eigenvalue weighted by Gasteiger charge is -2.25. The molecular weight excluding hydrogens is 516 g/mol. The zero-order valence-corrected chi connectivity index (χ0v) is 22.6. The highest BCUT2D eigenvalue weighted by molar-refractivity contribution is 5.95. The van der Waals surface area contributed by atoms with E-state index in [1.54, 1.807) is 30.3 Å². The minimum absolute atomic E-state index is 0.0919. The molecule has 2 atom stereocenters. The van der Waals surface area contributed by atoms with E-state index in [0.717, 1.165) is 12.5 Å². The van der Waals surface area contributed by atoms with Crippen molar-refractivity contribution in [2.75, 3.05) is 19.5 Å². The summed E-state index contributed by atoms with van der Waals surface area (Å²) in [6.45, 7) is 2.79. The van der Waals surface area contributed by atoms with E-state index in [1.807, 2.05) is 30.3 Å². The number of hydrogen-bond donors (Lipinski definition) is 4. The fourth-order valence-electron chi connectivity index (χ4n) is 3.75. The third kappa shape index (κ3) is 7.73. The van der Waals surface area contributed by atoms with Crippen molar-refractivity contribution in [2.24, 2.45) is 5.73 Å². The number of nitrogens with two attached hydrogens (primary N) is 1. The van der Waals surface area contributed by atoms with Crippen LogP contribution in [0.25, 0.3) is 0 Å². The second-order valence-electron chi connectivity index (χ2n) is 8.69. The summed E-state index contributed by atoms with van der Waals surface area (Å²) in [5.74, 6) is -1.44. The number of ether oxygens (including phenoxy) is 4. The Morgan fingerprint density at radius 2 is 1.55 bits per heavy atom. The lowest BCUT2D eigenvalue weighted by atomic mass is 10.0. The molecule has 0 aliphatic carbocycles. The van der Waals surface area contributed by atoms with Crippen molar-refractivity contribution in [1.82, 2.24) is 5.32 Å². The van der Waals surface area contributed by atoms with Gasteiger partial charge in [0.2, 0.25) is 5.91 Å². The Balaban J connectivity index is 2.05. The molecule has 5 N–H and O–H groups in total. The van der Waals surface area contributed by atoms with Gasteiger partial charge in [0.05, 0.1) is 14.2 Å². The van der Waals surface area contributed by atoms with Crippen molar-refractivity contribution in [3.05, 3.63) is 83.4 Å². The molecule has 0 bridgehead atoms. The molecule has 11 nitrogen and oxygen atoms in total. The number of nitrogens with one attached hydrogen (secondary N) is 3. The third-order valence-electron chi connectivity index (χ3n) is 5.79. The first-order valence-electron chi connectivity index (χ1n) is 12.3. The Labute approximate surface area is 232 Å². The molecule has 0 fully saturated rings.